The lowest BCUT2D eigenvalue weighted by Crippen LogP contribution is -2.48. The zero-order chi connectivity index (χ0) is 14.7. The molecule has 0 aromatic heterocycles. The summed E-state index contributed by atoms with van der Waals surface area (Å²) in [6.07, 6.45) is 6.90. The summed E-state index contributed by atoms with van der Waals surface area (Å²) >= 11 is 0. The van der Waals surface area contributed by atoms with Crippen molar-refractivity contribution in [3.05, 3.63) is 35.4 Å². The van der Waals surface area contributed by atoms with Crippen LogP contribution in [-0.4, -0.2) is 30.6 Å². The molecule has 2 heteroatoms. The fourth-order valence-corrected chi connectivity index (χ4v) is 4.33. The molecule has 0 radical (unpaired) electrons. The van der Waals surface area contributed by atoms with Gasteiger partial charge >= 0.3 is 0 Å². The Morgan fingerprint density at radius 2 is 1.71 bits per heavy atom. The minimum Gasteiger partial charge on any atom is -0.309 e. The number of likely N-dealkylation sites (N-methyl/N-ethyl adjacent to an activating group) is 1. The third kappa shape index (κ3) is 3.17. The lowest BCUT2D eigenvalue weighted by molar-refractivity contribution is 0.138. The first-order valence-corrected chi connectivity index (χ1v) is 8.87. The average molecular weight is 286 g/mol. The van der Waals surface area contributed by atoms with Gasteiger partial charge in [-0.05, 0) is 55.9 Å². The van der Waals surface area contributed by atoms with Crippen LogP contribution in [0.2, 0.25) is 0 Å². The van der Waals surface area contributed by atoms with Crippen molar-refractivity contribution in [2.24, 2.45) is 0 Å². The molecule has 0 bridgehead atoms. The summed E-state index contributed by atoms with van der Waals surface area (Å²) < 4.78 is 0. The second-order valence-electron chi connectivity index (χ2n) is 6.82. The lowest BCUT2D eigenvalue weighted by Gasteiger charge is -2.43. The van der Waals surface area contributed by atoms with Crippen molar-refractivity contribution in [2.45, 2.75) is 64.0 Å². The molecule has 0 amide bonds. The molecule has 3 unspecified atom stereocenters. The van der Waals surface area contributed by atoms with Crippen LogP contribution in [0.1, 0.15) is 69.0 Å². The minimum absolute atomic E-state index is 0.514. The number of nitrogens with zero attached hydrogens (tertiary/aromatic N) is 1. The summed E-state index contributed by atoms with van der Waals surface area (Å²) in [6, 6.07) is 10.3. The van der Waals surface area contributed by atoms with E-state index in [1.165, 1.54) is 45.2 Å². The zero-order valence-corrected chi connectivity index (χ0v) is 13.6. The molecule has 0 saturated carbocycles. The van der Waals surface area contributed by atoms with Gasteiger partial charge in [-0.25, -0.2) is 0 Å². The highest BCUT2D eigenvalue weighted by Gasteiger charge is 2.35. The van der Waals surface area contributed by atoms with Gasteiger partial charge in [0.1, 0.15) is 0 Å². The first-order chi connectivity index (χ1) is 10.3. The Morgan fingerprint density at radius 1 is 1.05 bits per heavy atom. The minimum atomic E-state index is 0.514. The van der Waals surface area contributed by atoms with Crippen LogP contribution < -0.4 is 5.32 Å². The first-order valence-electron chi connectivity index (χ1n) is 8.87. The average Bonchev–Trinajstić information content (AvgIpc) is 2.79. The van der Waals surface area contributed by atoms with Gasteiger partial charge in [-0.1, -0.05) is 51.0 Å². The van der Waals surface area contributed by atoms with Crippen LogP contribution in [0.5, 0.6) is 0 Å². The van der Waals surface area contributed by atoms with Crippen LogP contribution >= 0.6 is 0 Å². The Kier molecular flexibility index (Phi) is 4.97. The number of rotatable bonds is 3. The van der Waals surface area contributed by atoms with Gasteiger partial charge in [-0.3, -0.25) is 4.90 Å². The van der Waals surface area contributed by atoms with Crippen molar-refractivity contribution in [2.75, 3.05) is 19.6 Å². The third-order valence-electron chi connectivity index (χ3n) is 5.38. The van der Waals surface area contributed by atoms with Crippen LogP contribution in [0.4, 0.5) is 0 Å². The van der Waals surface area contributed by atoms with E-state index in [2.05, 4.69) is 48.3 Å². The van der Waals surface area contributed by atoms with Crippen molar-refractivity contribution < 1.29 is 0 Å². The Balaban J connectivity index is 1.89. The topological polar surface area (TPSA) is 15.3 Å². The Bertz CT molecular complexity index is 449. The predicted octanol–water partition coefficient (Wildman–Crippen LogP) is 4.09. The van der Waals surface area contributed by atoms with Gasteiger partial charge in [0.25, 0.3) is 0 Å². The van der Waals surface area contributed by atoms with Gasteiger partial charge < -0.3 is 5.32 Å². The molecule has 116 valence electrons. The van der Waals surface area contributed by atoms with Crippen molar-refractivity contribution in [3.63, 3.8) is 0 Å². The van der Waals surface area contributed by atoms with Crippen molar-refractivity contribution in [1.29, 1.82) is 0 Å². The largest absolute Gasteiger partial charge is 0.309 e. The number of fused-ring (bicyclic) bond motifs is 1. The van der Waals surface area contributed by atoms with E-state index < -0.39 is 0 Å². The fourth-order valence-electron chi connectivity index (χ4n) is 4.33. The molecule has 1 N–H and O–H groups in total. The molecule has 21 heavy (non-hydrogen) atoms. The molecular weight excluding hydrogens is 256 g/mol. The van der Waals surface area contributed by atoms with E-state index >= 15 is 0 Å². The van der Waals surface area contributed by atoms with Gasteiger partial charge in [0.05, 0.1) is 0 Å². The van der Waals surface area contributed by atoms with E-state index in [-0.39, 0.29) is 0 Å². The van der Waals surface area contributed by atoms with Crippen molar-refractivity contribution in [3.8, 4) is 0 Å². The van der Waals surface area contributed by atoms with Crippen LogP contribution in [0.3, 0.4) is 0 Å². The second kappa shape index (κ2) is 6.93. The summed E-state index contributed by atoms with van der Waals surface area (Å²) in [5.41, 5.74) is 3.11. The van der Waals surface area contributed by atoms with E-state index in [9.17, 15) is 0 Å². The lowest BCUT2D eigenvalue weighted by atomic mass is 9.77. The molecule has 2 aliphatic rings. The molecule has 1 aliphatic carbocycles. The highest BCUT2D eigenvalue weighted by Crippen LogP contribution is 2.40. The molecule has 0 spiro atoms. The maximum absolute atomic E-state index is 3.79. The van der Waals surface area contributed by atoms with Gasteiger partial charge in [0.15, 0.2) is 0 Å². The van der Waals surface area contributed by atoms with E-state index in [1.54, 1.807) is 11.1 Å². The molecule has 3 atom stereocenters. The molecule has 1 aliphatic heterocycles. The van der Waals surface area contributed by atoms with Crippen LogP contribution in [-0.2, 0) is 0 Å². The van der Waals surface area contributed by atoms with Crippen LogP contribution in [0.15, 0.2) is 24.3 Å². The number of nitrogens with one attached hydrogen (secondary N) is 1. The van der Waals surface area contributed by atoms with E-state index in [1.807, 2.05) is 0 Å². The second-order valence-corrected chi connectivity index (χ2v) is 6.82. The molecule has 3 rings (SSSR count). The smallest absolute Gasteiger partial charge is 0.0481 e. The molecule has 1 heterocycles. The monoisotopic (exact) mass is 286 g/mol. The molecule has 1 aromatic rings. The maximum atomic E-state index is 3.79. The zero-order valence-electron chi connectivity index (χ0n) is 13.6. The van der Waals surface area contributed by atoms with Crippen molar-refractivity contribution in [1.82, 2.24) is 10.2 Å². The number of likely N-dealkylation sites (tertiary alicyclic amines) is 1. The Hall–Kier alpha value is -0.860. The summed E-state index contributed by atoms with van der Waals surface area (Å²) in [4.78, 5) is 2.78. The normalized spacial score (nSPS) is 30.7. The molecular formula is C19H30N2. The standard InChI is InChI=1S/C19H30N2/c1-3-20-19-17-11-7-6-10-16(17)15(2)14-18(19)21-12-8-4-5-9-13-21/h6-7,10-11,15,18-20H,3-5,8-9,12-14H2,1-2H3. The highest BCUT2D eigenvalue weighted by molar-refractivity contribution is 5.36. The van der Waals surface area contributed by atoms with Crippen molar-refractivity contribution >= 4 is 0 Å². The van der Waals surface area contributed by atoms with E-state index in [0.29, 0.717) is 18.0 Å². The Labute approximate surface area is 129 Å². The van der Waals surface area contributed by atoms with Gasteiger partial charge in [-0.15, -0.1) is 0 Å². The Morgan fingerprint density at radius 3 is 2.38 bits per heavy atom. The predicted molar refractivity (Wildman–Crippen MR) is 89.7 cm³/mol. The fraction of sp³-hybridized carbons (Fsp3) is 0.684. The van der Waals surface area contributed by atoms with E-state index in [0.717, 1.165) is 6.54 Å². The SMILES string of the molecule is CCNC1c2ccccc2C(C)CC1N1CCCCCC1. The molecule has 2 nitrogen and oxygen atoms in total. The van der Waals surface area contributed by atoms with E-state index in [4.69, 9.17) is 0 Å². The molecule has 1 fully saturated rings. The van der Waals surface area contributed by atoms with Gasteiger partial charge in [-0.2, -0.15) is 0 Å². The summed E-state index contributed by atoms with van der Waals surface area (Å²) in [5, 5.41) is 3.79. The van der Waals surface area contributed by atoms with Crippen LogP contribution in [0, 0.1) is 0 Å². The quantitative estimate of drug-likeness (QED) is 0.900. The summed E-state index contributed by atoms with van der Waals surface area (Å²) in [5.74, 6) is 0.685. The molecule has 1 saturated heterocycles. The number of benzene rings is 1. The van der Waals surface area contributed by atoms with Gasteiger partial charge in [0.2, 0.25) is 0 Å². The third-order valence-corrected chi connectivity index (χ3v) is 5.38. The maximum Gasteiger partial charge on any atom is 0.0481 e. The van der Waals surface area contributed by atoms with Gasteiger partial charge in [0, 0.05) is 12.1 Å². The summed E-state index contributed by atoms with van der Waals surface area (Å²) in [6.45, 7) is 8.28. The number of hydrogen-bond acceptors (Lipinski definition) is 2. The molecule has 1 aromatic carbocycles. The first kappa shape index (κ1) is 15.1. The summed E-state index contributed by atoms with van der Waals surface area (Å²) in [7, 11) is 0. The highest BCUT2D eigenvalue weighted by atomic mass is 15.2. The number of hydrogen-bond donors (Lipinski definition) is 1. The van der Waals surface area contributed by atoms with Crippen LogP contribution in [0.25, 0.3) is 0 Å².